The minimum Gasteiger partial charge on any atom is -0.323 e. The van der Waals surface area contributed by atoms with E-state index in [2.05, 4.69) is 11.8 Å². The van der Waals surface area contributed by atoms with Crippen LogP contribution in [0.2, 0.25) is 0 Å². The average Bonchev–Trinajstić information content (AvgIpc) is 2.13. The van der Waals surface area contributed by atoms with E-state index in [1.807, 2.05) is 0 Å². The normalized spacial score (nSPS) is 19.1. The zero-order valence-electron chi connectivity index (χ0n) is 10.0. The SMILES string of the molecule is CCCC1(N)CN(Cc2cc(F)cc(F)c2)C1. The Morgan fingerprint density at radius 3 is 2.35 bits per heavy atom. The Morgan fingerprint density at radius 1 is 1.24 bits per heavy atom. The lowest BCUT2D eigenvalue weighted by Crippen LogP contribution is -2.66. The fraction of sp³-hybridized carbons (Fsp3) is 0.538. The molecule has 1 fully saturated rings. The maximum Gasteiger partial charge on any atom is 0.126 e. The van der Waals surface area contributed by atoms with Crippen molar-refractivity contribution in [1.82, 2.24) is 4.90 Å². The van der Waals surface area contributed by atoms with Gasteiger partial charge in [-0.3, -0.25) is 4.90 Å². The van der Waals surface area contributed by atoms with Crippen molar-refractivity contribution in [3.8, 4) is 0 Å². The van der Waals surface area contributed by atoms with Crippen molar-refractivity contribution >= 4 is 0 Å². The van der Waals surface area contributed by atoms with E-state index in [-0.39, 0.29) is 5.54 Å². The smallest absolute Gasteiger partial charge is 0.126 e. The number of benzene rings is 1. The lowest BCUT2D eigenvalue weighted by molar-refractivity contribution is 0.0566. The summed E-state index contributed by atoms with van der Waals surface area (Å²) in [6.07, 6.45) is 2.07. The van der Waals surface area contributed by atoms with Crippen molar-refractivity contribution in [3.05, 3.63) is 35.4 Å². The van der Waals surface area contributed by atoms with Gasteiger partial charge in [-0.1, -0.05) is 13.3 Å². The molecule has 2 nitrogen and oxygen atoms in total. The summed E-state index contributed by atoms with van der Waals surface area (Å²) in [7, 11) is 0. The van der Waals surface area contributed by atoms with Gasteiger partial charge in [-0.15, -0.1) is 0 Å². The highest BCUT2D eigenvalue weighted by Gasteiger charge is 2.38. The summed E-state index contributed by atoms with van der Waals surface area (Å²) in [4.78, 5) is 2.11. The van der Waals surface area contributed by atoms with Gasteiger partial charge in [0.15, 0.2) is 0 Å². The number of likely N-dealkylation sites (tertiary alicyclic amines) is 1. The second-order valence-corrected chi connectivity index (χ2v) is 5.04. The maximum absolute atomic E-state index is 13.0. The van der Waals surface area contributed by atoms with E-state index < -0.39 is 11.6 Å². The van der Waals surface area contributed by atoms with Gasteiger partial charge in [0.1, 0.15) is 11.6 Å². The molecule has 94 valence electrons. The molecule has 2 N–H and O–H groups in total. The first-order valence-corrected chi connectivity index (χ1v) is 5.97. The molecule has 0 radical (unpaired) electrons. The molecule has 0 aliphatic carbocycles. The molecule has 2 rings (SSSR count). The molecule has 17 heavy (non-hydrogen) atoms. The second-order valence-electron chi connectivity index (χ2n) is 5.04. The predicted octanol–water partition coefficient (Wildman–Crippen LogP) is 2.28. The predicted molar refractivity (Wildman–Crippen MR) is 63.5 cm³/mol. The van der Waals surface area contributed by atoms with Crippen LogP contribution in [0.1, 0.15) is 25.3 Å². The summed E-state index contributed by atoms with van der Waals surface area (Å²) >= 11 is 0. The first-order chi connectivity index (χ1) is 8.00. The molecule has 1 aliphatic heterocycles. The van der Waals surface area contributed by atoms with Crippen LogP contribution in [-0.4, -0.2) is 23.5 Å². The molecule has 0 aromatic heterocycles. The van der Waals surface area contributed by atoms with Crippen LogP contribution in [0, 0.1) is 11.6 Å². The van der Waals surface area contributed by atoms with Crippen LogP contribution >= 0.6 is 0 Å². The molecule has 0 spiro atoms. The average molecular weight is 240 g/mol. The van der Waals surface area contributed by atoms with Crippen LogP contribution in [-0.2, 0) is 6.54 Å². The Bertz CT molecular complexity index is 380. The van der Waals surface area contributed by atoms with Gasteiger partial charge in [0.05, 0.1) is 0 Å². The van der Waals surface area contributed by atoms with Crippen LogP contribution in [0.4, 0.5) is 8.78 Å². The Morgan fingerprint density at radius 2 is 1.82 bits per heavy atom. The third-order valence-corrected chi connectivity index (χ3v) is 3.15. The van der Waals surface area contributed by atoms with Gasteiger partial charge in [-0.2, -0.15) is 0 Å². The topological polar surface area (TPSA) is 29.3 Å². The van der Waals surface area contributed by atoms with Gasteiger partial charge in [-0.25, -0.2) is 8.78 Å². The minimum absolute atomic E-state index is 0.0966. The molecule has 4 heteroatoms. The van der Waals surface area contributed by atoms with Crippen molar-refractivity contribution < 1.29 is 8.78 Å². The zero-order valence-corrected chi connectivity index (χ0v) is 10.0. The van der Waals surface area contributed by atoms with Crippen LogP contribution < -0.4 is 5.73 Å². The number of hydrogen-bond donors (Lipinski definition) is 1. The monoisotopic (exact) mass is 240 g/mol. The molecule has 0 bridgehead atoms. The highest BCUT2D eigenvalue weighted by molar-refractivity contribution is 5.18. The summed E-state index contributed by atoms with van der Waals surface area (Å²) in [5, 5.41) is 0. The van der Waals surface area contributed by atoms with E-state index in [1.165, 1.54) is 12.1 Å². The summed E-state index contributed by atoms with van der Waals surface area (Å²) < 4.78 is 26.0. The minimum atomic E-state index is -0.520. The summed E-state index contributed by atoms with van der Waals surface area (Å²) in [6, 6.07) is 3.64. The van der Waals surface area contributed by atoms with Gasteiger partial charge >= 0.3 is 0 Å². The molecule has 0 saturated carbocycles. The molecular formula is C13H18F2N2. The Labute approximate surface area is 100 Å². The molecule has 1 aliphatic rings. The number of rotatable bonds is 4. The number of nitrogens with two attached hydrogens (primary N) is 1. The first-order valence-electron chi connectivity index (χ1n) is 5.97. The quantitative estimate of drug-likeness (QED) is 0.874. The Hall–Kier alpha value is -1.00. The van der Waals surface area contributed by atoms with E-state index in [0.29, 0.717) is 12.1 Å². The van der Waals surface area contributed by atoms with Crippen molar-refractivity contribution in [1.29, 1.82) is 0 Å². The fourth-order valence-corrected chi connectivity index (χ4v) is 2.57. The highest BCUT2D eigenvalue weighted by Crippen LogP contribution is 2.25. The molecule has 1 saturated heterocycles. The second kappa shape index (κ2) is 4.70. The largest absolute Gasteiger partial charge is 0.323 e. The van der Waals surface area contributed by atoms with Gasteiger partial charge < -0.3 is 5.73 Å². The first kappa shape index (κ1) is 12.5. The standard InChI is InChI=1S/C13H18F2N2/c1-2-3-13(16)8-17(9-13)7-10-4-11(14)6-12(15)5-10/h4-6H,2-3,7-9,16H2,1H3. The van der Waals surface area contributed by atoms with Crippen molar-refractivity contribution in [3.63, 3.8) is 0 Å². The van der Waals surface area contributed by atoms with Crippen molar-refractivity contribution in [2.45, 2.75) is 31.8 Å². The van der Waals surface area contributed by atoms with Crippen LogP contribution in [0.25, 0.3) is 0 Å². The third-order valence-electron chi connectivity index (χ3n) is 3.15. The van der Waals surface area contributed by atoms with E-state index in [9.17, 15) is 8.78 Å². The van der Waals surface area contributed by atoms with E-state index in [1.54, 1.807) is 0 Å². The number of halogens is 2. The number of nitrogens with zero attached hydrogens (tertiary/aromatic N) is 1. The zero-order chi connectivity index (χ0) is 12.5. The van der Waals surface area contributed by atoms with Crippen molar-refractivity contribution in [2.24, 2.45) is 5.73 Å². The molecule has 0 atom stereocenters. The van der Waals surface area contributed by atoms with Crippen LogP contribution in [0.3, 0.4) is 0 Å². The van der Waals surface area contributed by atoms with Gasteiger partial charge in [0, 0.05) is 31.2 Å². The summed E-state index contributed by atoms with van der Waals surface area (Å²) in [6.45, 7) is 4.29. The lowest BCUT2D eigenvalue weighted by atomic mass is 9.86. The van der Waals surface area contributed by atoms with E-state index in [0.717, 1.165) is 32.0 Å². The Kier molecular flexibility index (Phi) is 3.45. The van der Waals surface area contributed by atoms with E-state index >= 15 is 0 Å². The van der Waals surface area contributed by atoms with Crippen LogP contribution in [0.15, 0.2) is 18.2 Å². The van der Waals surface area contributed by atoms with Gasteiger partial charge in [-0.05, 0) is 24.1 Å². The molecule has 1 aromatic rings. The third kappa shape index (κ3) is 3.01. The Balaban J connectivity index is 1.91. The summed E-state index contributed by atoms with van der Waals surface area (Å²) in [5.41, 5.74) is 6.70. The number of hydrogen-bond acceptors (Lipinski definition) is 2. The molecule has 1 aromatic carbocycles. The molecular weight excluding hydrogens is 222 g/mol. The fourth-order valence-electron chi connectivity index (χ4n) is 2.57. The molecule has 1 heterocycles. The molecule has 0 unspecified atom stereocenters. The summed E-state index contributed by atoms with van der Waals surface area (Å²) in [5.74, 6) is -1.04. The van der Waals surface area contributed by atoms with E-state index in [4.69, 9.17) is 5.73 Å². The van der Waals surface area contributed by atoms with Gasteiger partial charge in [0.2, 0.25) is 0 Å². The molecule has 0 amide bonds. The van der Waals surface area contributed by atoms with Crippen molar-refractivity contribution in [2.75, 3.05) is 13.1 Å². The lowest BCUT2D eigenvalue weighted by Gasteiger charge is -2.48. The highest BCUT2D eigenvalue weighted by atomic mass is 19.1. The van der Waals surface area contributed by atoms with Crippen LogP contribution in [0.5, 0.6) is 0 Å². The van der Waals surface area contributed by atoms with Gasteiger partial charge in [0.25, 0.3) is 0 Å². The maximum atomic E-state index is 13.0.